The molecule has 6 nitrogen and oxygen atoms in total. The molecule has 1 saturated heterocycles. The largest absolute Gasteiger partial charge is 0.480 e. The second-order valence-electron chi connectivity index (χ2n) is 7.09. The number of ether oxygens (including phenoxy) is 1. The molecule has 0 aliphatic carbocycles. The number of rotatable bonds is 5. The Morgan fingerprint density at radius 3 is 2.59 bits per heavy atom. The number of likely N-dealkylation sites (tertiary alicyclic amines) is 1. The van der Waals surface area contributed by atoms with E-state index < -0.39 is 11.6 Å². The van der Waals surface area contributed by atoms with E-state index in [1.807, 2.05) is 32.6 Å². The van der Waals surface area contributed by atoms with Gasteiger partial charge in [-0.05, 0) is 47.0 Å². The molecule has 2 N–H and O–H groups in total. The highest BCUT2D eigenvalue weighted by Crippen LogP contribution is 2.23. The average Bonchev–Trinajstić information content (AvgIpc) is 2.59. The van der Waals surface area contributed by atoms with Crippen molar-refractivity contribution in [2.75, 3.05) is 13.1 Å². The third kappa shape index (κ3) is 7.11. The van der Waals surface area contributed by atoms with Crippen LogP contribution in [0.5, 0.6) is 0 Å². The van der Waals surface area contributed by atoms with E-state index >= 15 is 0 Å². The highest BCUT2D eigenvalue weighted by molar-refractivity contribution is 5.69. The second kappa shape index (κ2) is 8.36. The van der Waals surface area contributed by atoms with E-state index in [4.69, 9.17) is 9.84 Å². The van der Waals surface area contributed by atoms with Crippen LogP contribution in [0.3, 0.4) is 0 Å². The molecular formula is C16H30N2O4. The zero-order chi connectivity index (χ0) is 16.8. The molecule has 0 radical (unpaired) electrons. The fourth-order valence-corrected chi connectivity index (χ4v) is 2.74. The molecule has 0 spiro atoms. The molecule has 0 saturated carbocycles. The summed E-state index contributed by atoms with van der Waals surface area (Å²) in [6.45, 7) is 8.23. The first-order valence-electron chi connectivity index (χ1n) is 8.14. The molecule has 1 fully saturated rings. The molecule has 0 bridgehead atoms. The Balaban J connectivity index is 2.65. The van der Waals surface area contributed by atoms with Crippen LogP contribution < -0.4 is 5.32 Å². The van der Waals surface area contributed by atoms with Gasteiger partial charge in [0, 0.05) is 18.6 Å². The van der Waals surface area contributed by atoms with Crippen LogP contribution in [-0.4, -0.2) is 52.8 Å². The molecule has 1 aliphatic rings. The quantitative estimate of drug-likeness (QED) is 0.815. The van der Waals surface area contributed by atoms with Gasteiger partial charge in [0.25, 0.3) is 0 Å². The van der Waals surface area contributed by atoms with Crippen LogP contribution in [0.15, 0.2) is 0 Å². The van der Waals surface area contributed by atoms with E-state index in [1.165, 1.54) is 0 Å². The summed E-state index contributed by atoms with van der Waals surface area (Å²) in [5.74, 6) is -0.864. The first kappa shape index (κ1) is 18.7. The minimum atomic E-state index is -0.864. The Hall–Kier alpha value is -1.30. The number of carbonyl (C=O) groups is 2. The Labute approximate surface area is 133 Å². The lowest BCUT2D eigenvalue weighted by molar-refractivity contribution is -0.136. The Morgan fingerprint density at radius 1 is 1.32 bits per heavy atom. The van der Waals surface area contributed by atoms with E-state index in [1.54, 1.807) is 0 Å². The van der Waals surface area contributed by atoms with Gasteiger partial charge in [-0.25, -0.2) is 4.79 Å². The number of carboxylic acid groups (broad SMARTS) is 1. The van der Waals surface area contributed by atoms with Gasteiger partial charge >= 0.3 is 12.1 Å². The van der Waals surface area contributed by atoms with Crippen LogP contribution >= 0.6 is 0 Å². The maximum Gasteiger partial charge on any atom is 0.410 e. The first-order valence-corrected chi connectivity index (χ1v) is 8.14. The minimum Gasteiger partial charge on any atom is -0.480 e. The van der Waals surface area contributed by atoms with Crippen molar-refractivity contribution in [3.63, 3.8) is 0 Å². The van der Waals surface area contributed by atoms with E-state index in [0.717, 1.165) is 32.1 Å². The maximum atomic E-state index is 12.4. The van der Waals surface area contributed by atoms with Gasteiger partial charge in [0.15, 0.2) is 0 Å². The van der Waals surface area contributed by atoms with Crippen molar-refractivity contribution in [1.29, 1.82) is 0 Å². The second-order valence-corrected chi connectivity index (χ2v) is 7.09. The Morgan fingerprint density at radius 2 is 2.00 bits per heavy atom. The van der Waals surface area contributed by atoms with Crippen molar-refractivity contribution in [3.8, 4) is 0 Å². The van der Waals surface area contributed by atoms with Gasteiger partial charge in [0.1, 0.15) is 5.60 Å². The molecule has 22 heavy (non-hydrogen) atoms. The van der Waals surface area contributed by atoms with Crippen LogP contribution in [0.2, 0.25) is 0 Å². The summed E-state index contributed by atoms with van der Waals surface area (Å²) < 4.78 is 5.52. The van der Waals surface area contributed by atoms with Gasteiger partial charge in [-0.2, -0.15) is 0 Å². The Kier molecular flexibility index (Phi) is 7.13. The molecular weight excluding hydrogens is 284 g/mol. The number of carboxylic acids is 1. The smallest absolute Gasteiger partial charge is 0.410 e. The number of nitrogens with one attached hydrogen (secondary N) is 1. The Bertz CT molecular complexity index is 379. The third-order valence-corrected chi connectivity index (χ3v) is 3.73. The average molecular weight is 314 g/mol. The van der Waals surface area contributed by atoms with Gasteiger partial charge in [0.05, 0.1) is 6.54 Å². The number of amides is 1. The molecule has 2 unspecified atom stereocenters. The van der Waals surface area contributed by atoms with Gasteiger partial charge in [-0.3, -0.25) is 4.79 Å². The fraction of sp³-hybridized carbons (Fsp3) is 0.875. The van der Waals surface area contributed by atoms with Gasteiger partial charge < -0.3 is 20.1 Å². The van der Waals surface area contributed by atoms with Crippen molar-refractivity contribution in [2.24, 2.45) is 0 Å². The van der Waals surface area contributed by atoms with Gasteiger partial charge in [0.2, 0.25) is 0 Å². The zero-order valence-corrected chi connectivity index (χ0v) is 14.2. The molecule has 1 amide bonds. The van der Waals surface area contributed by atoms with Crippen LogP contribution in [0.1, 0.15) is 59.8 Å². The number of hydrogen-bond donors (Lipinski definition) is 2. The van der Waals surface area contributed by atoms with E-state index in [0.29, 0.717) is 6.54 Å². The topological polar surface area (TPSA) is 78.9 Å². The first-order chi connectivity index (χ1) is 10.2. The zero-order valence-electron chi connectivity index (χ0n) is 14.2. The molecule has 0 aromatic carbocycles. The standard InChI is InChI=1S/C16H30N2O4/c1-12(17-11-14(19)20)10-13-8-6-5-7-9-18(13)15(21)22-16(2,3)4/h12-13,17H,5-11H2,1-4H3,(H,19,20). The van der Waals surface area contributed by atoms with Crippen molar-refractivity contribution in [3.05, 3.63) is 0 Å². The van der Waals surface area contributed by atoms with Crippen molar-refractivity contribution < 1.29 is 19.4 Å². The minimum absolute atomic E-state index is 0.0455. The molecule has 1 aliphatic heterocycles. The van der Waals surface area contributed by atoms with Gasteiger partial charge in [-0.1, -0.05) is 12.8 Å². The number of carbonyl (C=O) groups excluding carboxylic acids is 1. The van der Waals surface area contributed by atoms with Crippen molar-refractivity contribution in [1.82, 2.24) is 10.2 Å². The summed E-state index contributed by atoms with van der Waals surface area (Å²) in [7, 11) is 0. The summed E-state index contributed by atoms with van der Waals surface area (Å²) in [5.41, 5.74) is -0.499. The lowest BCUT2D eigenvalue weighted by Crippen LogP contribution is -2.46. The summed E-state index contributed by atoms with van der Waals surface area (Å²) in [5, 5.41) is 11.7. The predicted octanol–water partition coefficient (Wildman–Crippen LogP) is 2.62. The van der Waals surface area contributed by atoms with Crippen molar-refractivity contribution in [2.45, 2.75) is 77.5 Å². The predicted molar refractivity (Wildman–Crippen MR) is 84.9 cm³/mol. The molecule has 6 heteroatoms. The number of hydrogen-bond acceptors (Lipinski definition) is 4. The van der Waals surface area contributed by atoms with Crippen LogP contribution in [0.25, 0.3) is 0 Å². The van der Waals surface area contributed by atoms with E-state index in [2.05, 4.69) is 5.32 Å². The number of aliphatic carboxylic acids is 1. The maximum absolute atomic E-state index is 12.4. The van der Waals surface area contributed by atoms with E-state index in [9.17, 15) is 9.59 Å². The molecule has 0 aromatic rings. The van der Waals surface area contributed by atoms with Crippen LogP contribution in [-0.2, 0) is 9.53 Å². The molecule has 128 valence electrons. The fourth-order valence-electron chi connectivity index (χ4n) is 2.74. The molecule has 0 aromatic heterocycles. The van der Waals surface area contributed by atoms with Crippen LogP contribution in [0.4, 0.5) is 4.79 Å². The lowest BCUT2D eigenvalue weighted by Gasteiger charge is -2.33. The number of nitrogens with zero attached hydrogens (tertiary/aromatic N) is 1. The van der Waals surface area contributed by atoms with Crippen molar-refractivity contribution >= 4 is 12.1 Å². The van der Waals surface area contributed by atoms with Gasteiger partial charge in [-0.15, -0.1) is 0 Å². The summed E-state index contributed by atoms with van der Waals surface area (Å²) >= 11 is 0. The van der Waals surface area contributed by atoms with Crippen LogP contribution in [0, 0.1) is 0 Å². The summed E-state index contributed by atoms with van der Waals surface area (Å²) in [6.07, 6.45) is 4.63. The SMILES string of the molecule is CC(CC1CCCCCN1C(=O)OC(C)(C)C)NCC(=O)O. The van der Waals surface area contributed by atoms with E-state index in [-0.39, 0.29) is 24.7 Å². The summed E-state index contributed by atoms with van der Waals surface area (Å²) in [4.78, 5) is 24.9. The normalized spacial score (nSPS) is 21.1. The summed E-state index contributed by atoms with van der Waals surface area (Å²) in [6, 6.07) is 0.151. The lowest BCUT2D eigenvalue weighted by atomic mass is 10.0. The third-order valence-electron chi connectivity index (χ3n) is 3.73. The molecule has 1 rings (SSSR count). The molecule has 2 atom stereocenters. The molecule has 1 heterocycles. The highest BCUT2D eigenvalue weighted by atomic mass is 16.6. The highest BCUT2D eigenvalue weighted by Gasteiger charge is 2.30. The monoisotopic (exact) mass is 314 g/mol.